The molecule has 0 radical (unpaired) electrons. The molecule has 1 N–H and O–H groups in total. The van der Waals surface area contributed by atoms with Crippen LogP contribution in [-0.4, -0.2) is 34.7 Å². The molecule has 0 unspecified atom stereocenters. The van der Waals surface area contributed by atoms with E-state index in [-0.39, 0.29) is 0 Å². The van der Waals surface area contributed by atoms with E-state index in [0.717, 1.165) is 43.2 Å². The Morgan fingerprint density at radius 1 is 1.24 bits per heavy atom. The van der Waals surface area contributed by atoms with Crippen molar-refractivity contribution in [2.45, 2.75) is 26.3 Å². The molecule has 112 valence electrons. The van der Waals surface area contributed by atoms with Gasteiger partial charge in [-0.3, -0.25) is 4.90 Å². The van der Waals surface area contributed by atoms with Gasteiger partial charge in [-0.05, 0) is 38.8 Å². The number of thiazole rings is 1. The van der Waals surface area contributed by atoms with E-state index in [9.17, 15) is 5.11 Å². The van der Waals surface area contributed by atoms with Crippen molar-refractivity contribution >= 4 is 11.3 Å². The summed E-state index contributed by atoms with van der Waals surface area (Å²) in [6, 6.07) is 10.4. The molecule has 3 nitrogen and oxygen atoms in total. The second kappa shape index (κ2) is 6.69. The van der Waals surface area contributed by atoms with Gasteiger partial charge < -0.3 is 5.11 Å². The molecule has 0 amide bonds. The van der Waals surface area contributed by atoms with Crippen molar-refractivity contribution in [3.8, 4) is 10.6 Å². The lowest BCUT2D eigenvalue weighted by molar-refractivity contribution is 0.128. The maximum absolute atomic E-state index is 9.21. The van der Waals surface area contributed by atoms with Crippen LogP contribution in [0.1, 0.15) is 23.4 Å². The van der Waals surface area contributed by atoms with Crippen LogP contribution in [0.25, 0.3) is 10.6 Å². The van der Waals surface area contributed by atoms with Gasteiger partial charge >= 0.3 is 0 Å². The predicted octanol–water partition coefficient (Wildman–Crippen LogP) is 3.32. The summed E-state index contributed by atoms with van der Waals surface area (Å²) in [6.45, 7) is 5.62. The Labute approximate surface area is 130 Å². The van der Waals surface area contributed by atoms with Crippen LogP contribution in [0.15, 0.2) is 30.3 Å². The highest BCUT2D eigenvalue weighted by molar-refractivity contribution is 7.15. The van der Waals surface area contributed by atoms with Crippen molar-refractivity contribution in [1.29, 1.82) is 0 Å². The number of aryl methyl sites for hydroxylation is 1. The summed E-state index contributed by atoms with van der Waals surface area (Å²) in [5, 5.41) is 10.3. The lowest BCUT2D eigenvalue weighted by atomic mass is 9.98. The minimum Gasteiger partial charge on any atom is -0.396 e. The summed E-state index contributed by atoms with van der Waals surface area (Å²) >= 11 is 1.81. The smallest absolute Gasteiger partial charge is 0.123 e. The van der Waals surface area contributed by atoms with E-state index >= 15 is 0 Å². The van der Waals surface area contributed by atoms with Crippen molar-refractivity contribution in [2.24, 2.45) is 5.92 Å². The molecule has 1 saturated heterocycles. The molecule has 0 atom stereocenters. The zero-order valence-corrected chi connectivity index (χ0v) is 13.3. The highest BCUT2D eigenvalue weighted by Gasteiger charge is 2.20. The highest BCUT2D eigenvalue weighted by atomic mass is 32.1. The fraction of sp³-hybridized carbons (Fsp3) is 0.471. The van der Waals surface area contributed by atoms with Gasteiger partial charge in [0, 0.05) is 23.6 Å². The predicted molar refractivity (Wildman–Crippen MR) is 87.4 cm³/mol. The van der Waals surface area contributed by atoms with Crippen LogP contribution in [0.5, 0.6) is 0 Å². The van der Waals surface area contributed by atoms with Gasteiger partial charge in [0.15, 0.2) is 0 Å². The van der Waals surface area contributed by atoms with E-state index in [1.165, 1.54) is 10.4 Å². The molecule has 2 aromatic rings. The molecule has 1 aromatic heterocycles. The number of rotatable bonds is 4. The van der Waals surface area contributed by atoms with E-state index in [0.29, 0.717) is 12.5 Å². The number of hydrogen-bond donors (Lipinski definition) is 1. The Hall–Kier alpha value is -1.23. The molecule has 0 saturated carbocycles. The maximum atomic E-state index is 9.21. The Bertz CT molecular complexity index is 574. The molecule has 0 spiro atoms. The Kier molecular flexibility index (Phi) is 4.68. The molecular weight excluding hydrogens is 280 g/mol. The summed E-state index contributed by atoms with van der Waals surface area (Å²) in [5.41, 5.74) is 2.36. The molecule has 1 fully saturated rings. The van der Waals surface area contributed by atoms with E-state index < -0.39 is 0 Å². The van der Waals surface area contributed by atoms with Gasteiger partial charge in [-0.25, -0.2) is 4.98 Å². The summed E-state index contributed by atoms with van der Waals surface area (Å²) in [6.07, 6.45) is 2.22. The largest absolute Gasteiger partial charge is 0.396 e. The van der Waals surface area contributed by atoms with Crippen LogP contribution >= 0.6 is 11.3 Å². The summed E-state index contributed by atoms with van der Waals surface area (Å²) in [4.78, 5) is 8.59. The second-order valence-electron chi connectivity index (χ2n) is 5.80. The first-order chi connectivity index (χ1) is 10.3. The number of hydrogen-bond acceptors (Lipinski definition) is 4. The van der Waals surface area contributed by atoms with Gasteiger partial charge in [0.1, 0.15) is 5.01 Å². The van der Waals surface area contributed by atoms with Gasteiger partial charge in [-0.15, -0.1) is 11.3 Å². The zero-order chi connectivity index (χ0) is 14.7. The highest BCUT2D eigenvalue weighted by Crippen LogP contribution is 2.29. The van der Waals surface area contributed by atoms with Crippen molar-refractivity contribution in [3.05, 3.63) is 40.9 Å². The monoisotopic (exact) mass is 302 g/mol. The van der Waals surface area contributed by atoms with Crippen LogP contribution in [-0.2, 0) is 6.54 Å². The topological polar surface area (TPSA) is 36.4 Å². The summed E-state index contributed by atoms with van der Waals surface area (Å²) in [7, 11) is 0. The number of likely N-dealkylation sites (tertiary alicyclic amines) is 1. The molecule has 0 aliphatic carbocycles. The van der Waals surface area contributed by atoms with Gasteiger partial charge in [0.05, 0.1) is 5.69 Å². The van der Waals surface area contributed by atoms with Gasteiger partial charge in [0.2, 0.25) is 0 Å². The summed E-state index contributed by atoms with van der Waals surface area (Å²) in [5.74, 6) is 0.503. The summed E-state index contributed by atoms with van der Waals surface area (Å²) < 4.78 is 0. The quantitative estimate of drug-likeness (QED) is 0.941. The standard InChI is InChI=1S/C17H22N2OS/c1-13-16(11-19-9-7-14(12-20)8-10-19)21-17(18-13)15-5-3-2-4-6-15/h2-6,14,20H,7-12H2,1H3. The molecule has 1 aliphatic rings. The molecular formula is C17H22N2OS. The fourth-order valence-electron chi connectivity index (χ4n) is 2.81. The third-order valence-corrected chi connectivity index (χ3v) is 5.44. The lowest BCUT2D eigenvalue weighted by Crippen LogP contribution is -2.34. The van der Waals surface area contributed by atoms with Crippen LogP contribution < -0.4 is 0 Å². The van der Waals surface area contributed by atoms with Crippen LogP contribution in [0.2, 0.25) is 0 Å². The number of aliphatic hydroxyl groups excluding tert-OH is 1. The Balaban J connectivity index is 1.68. The minimum absolute atomic E-state index is 0.339. The van der Waals surface area contributed by atoms with Crippen molar-refractivity contribution in [1.82, 2.24) is 9.88 Å². The van der Waals surface area contributed by atoms with Crippen LogP contribution in [0.4, 0.5) is 0 Å². The average molecular weight is 302 g/mol. The molecule has 0 bridgehead atoms. The van der Waals surface area contributed by atoms with E-state index in [2.05, 4.69) is 36.1 Å². The maximum Gasteiger partial charge on any atom is 0.123 e. The average Bonchev–Trinajstić information content (AvgIpc) is 2.90. The Morgan fingerprint density at radius 2 is 1.95 bits per heavy atom. The molecule has 2 heterocycles. The van der Waals surface area contributed by atoms with Gasteiger partial charge in [-0.2, -0.15) is 0 Å². The van der Waals surface area contributed by atoms with E-state index in [1.54, 1.807) is 0 Å². The minimum atomic E-state index is 0.339. The number of aromatic nitrogens is 1. The lowest BCUT2D eigenvalue weighted by Gasteiger charge is -2.30. The van der Waals surface area contributed by atoms with Crippen LogP contribution in [0, 0.1) is 12.8 Å². The van der Waals surface area contributed by atoms with E-state index in [1.807, 2.05) is 17.4 Å². The third-order valence-electron chi connectivity index (χ3n) is 4.25. The fourth-order valence-corrected chi connectivity index (χ4v) is 3.92. The molecule has 1 aliphatic heterocycles. The number of piperidine rings is 1. The first-order valence-electron chi connectivity index (χ1n) is 7.61. The van der Waals surface area contributed by atoms with Gasteiger partial charge in [0.25, 0.3) is 0 Å². The SMILES string of the molecule is Cc1nc(-c2ccccc2)sc1CN1CCC(CO)CC1. The zero-order valence-electron chi connectivity index (χ0n) is 12.5. The van der Waals surface area contributed by atoms with Gasteiger partial charge in [-0.1, -0.05) is 30.3 Å². The second-order valence-corrected chi connectivity index (χ2v) is 6.88. The normalized spacial score (nSPS) is 17.2. The van der Waals surface area contributed by atoms with Crippen LogP contribution in [0.3, 0.4) is 0 Å². The first kappa shape index (κ1) is 14.7. The Morgan fingerprint density at radius 3 is 2.62 bits per heavy atom. The molecule has 21 heavy (non-hydrogen) atoms. The van der Waals surface area contributed by atoms with E-state index in [4.69, 9.17) is 4.98 Å². The van der Waals surface area contributed by atoms with Crippen molar-refractivity contribution < 1.29 is 5.11 Å². The third kappa shape index (κ3) is 3.51. The molecule has 3 rings (SSSR count). The number of nitrogens with zero attached hydrogens (tertiary/aromatic N) is 2. The number of aliphatic hydroxyl groups is 1. The van der Waals surface area contributed by atoms with Crippen molar-refractivity contribution in [3.63, 3.8) is 0 Å². The number of benzene rings is 1. The first-order valence-corrected chi connectivity index (χ1v) is 8.43. The molecule has 4 heteroatoms. The van der Waals surface area contributed by atoms with Crippen molar-refractivity contribution in [2.75, 3.05) is 19.7 Å². The molecule has 1 aromatic carbocycles.